The number of fused-ring (bicyclic) bond motifs is 1. The standard InChI is InChI=1S/C17H19N3O2S/c21-16-15-12(13-6-5-9-22-13)11-23-17(15)19-14(18-16)10-20-7-3-1-2-4-8-20/h5-6,9,11H,1-4,7-8,10H2,(H,18,19,21). The largest absolute Gasteiger partial charge is 0.464 e. The van der Waals surface area contributed by atoms with Crippen molar-refractivity contribution in [1.82, 2.24) is 14.9 Å². The maximum absolute atomic E-state index is 12.5. The number of H-pyrrole nitrogens is 1. The summed E-state index contributed by atoms with van der Waals surface area (Å²) in [6.07, 6.45) is 6.68. The Morgan fingerprint density at radius 2 is 2.09 bits per heavy atom. The minimum atomic E-state index is -0.0764. The molecule has 3 aromatic heterocycles. The first-order valence-corrected chi connectivity index (χ1v) is 8.96. The molecular weight excluding hydrogens is 310 g/mol. The van der Waals surface area contributed by atoms with Crippen LogP contribution in [-0.2, 0) is 6.54 Å². The first kappa shape index (κ1) is 14.7. The highest BCUT2D eigenvalue weighted by atomic mass is 32.1. The molecule has 0 aromatic carbocycles. The van der Waals surface area contributed by atoms with Gasteiger partial charge in [0.25, 0.3) is 5.56 Å². The second-order valence-electron chi connectivity index (χ2n) is 6.01. The van der Waals surface area contributed by atoms with Crippen molar-refractivity contribution >= 4 is 21.6 Å². The van der Waals surface area contributed by atoms with Crippen LogP contribution in [0.15, 0.2) is 33.0 Å². The van der Waals surface area contributed by atoms with Gasteiger partial charge in [-0.05, 0) is 38.1 Å². The van der Waals surface area contributed by atoms with Crippen molar-refractivity contribution in [2.45, 2.75) is 32.2 Å². The molecule has 0 saturated carbocycles. The van der Waals surface area contributed by atoms with E-state index in [2.05, 4.69) is 14.9 Å². The van der Waals surface area contributed by atoms with Gasteiger partial charge in [-0.25, -0.2) is 4.98 Å². The lowest BCUT2D eigenvalue weighted by Gasteiger charge is -2.18. The molecule has 0 unspecified atom stereocenters. The summed E-state index contributed by atoms with van der Waals surface area (Å²) in [7, 11) is 0. The van der Waals surface area contributed by atoms with Crippen LogP contribution in [0.4, 0.5) is 0 Å². The first-order chi connectivity index (χ1) is 11.3. The number of hydrogen-bond donors (Lipinski definition) is 1. The lowest BCUT2D eigenvalue weighted by molar-refractivity contribution is 0.270. The van der Waals surface area contributed by atoms with Crippen molar-refractivity contribution in [3.63, 3.8) is 0 Å². The molecule has 0 amide bonds. The van der Waals surface area contributed by atoms with Crippen LogP contribution in [-0.4, -0.2) is 28.0 Å². The quantitative estimate of drug-likeness (QED) is 0.797. The molecule has 1 saturated heterocycles. The van der Waals surface area contributed by atoms with Crippen LogP contribution >= 0.6 is 11.3 Å². The van der Waals surface area contributed by atoms with Crippen molar-refractivity contribution in [1.29, 1.82) is 0 Å². The second-order valence-corrected chi connectivity index (χ2v) is 6.87. The molecule has 23 heavy (non-hydrogen) atoms. The summed E-state index contributed by atoms with van der Waals surface area (Å²) in [5.41, 5.74) is 0.748. The lowest BCUT2D eigenvalue weighted by atomic mass is 10.2. The van der Waals surface area contributed by atoms with E-state index in [0.717, 1.165) is 35.9 Å². The summed E-state index contributed by atoms with van der Waals surface area (Å²) < 4.78 is 5.42. The third-order valence-corrected chi connectivity index (χ3v) is 5.22. The maximum Gasteiger partial charge on any atom is 0.260 e. The third kappa shape index (κ3) is 2.96. The van der Waals surface area contributed by atoms with Gasteiger partial charge in [0.2, 0.25) is 0 Å². The maximum atomic E-state index is 12.5. The van der Waals surface area contributed by atoms with Crippen LogP contribution in [0.3, 0.4) is 0 Å². The number of aromatic amines is 1. The van der Waals surface area contributed by atoms with Gasteiger partial charge >= 0.3 is 0 Å². The SMILES string of the molecule is O=c1[nH]c(CN2CCCCCC2)nc2scc(-c3ccco3)c12. The van der Waals surface area contributed by atoms with E-state index < -0.39 is 0 Å². The zero-order valence-corrected chi connectivity index (χ0v) is 13.7. The molecule has 1 aliphatic rings. The molecule has 5 nitrogen and oxygen atoms in total. The highest BCUT2D eigenvalue weighted by Gasteiger charge is 2.16. The normalized spacial score (nSPS) is 16.7. The predicted octanol–water partition coefficient (Wildman–Crippen LogP) is 3.62. The number of hydrogen-bond acceptors (Lipinski definition) is 5. The Balaban J connectivity index is 1.67. The molecule has 0 radical (unpaired) electrons. The molecule has 4 heterocycles. The molecule has 0 aliphatic carbocycles. The molecule has 0 spiro atoms. The summed E-state index contributed by atoms with van der Waals surface area (Å²) >= 11 is 1.50. The Hall–Kier alpha value is -1.92. The van der Waals surface area contributed by atoms with Crippen LogP contribution < -0.4 is 5.56 Å². The van der Waals surface area contributed by atoms with Crippen molar-refractivity contribution in [3.05, 3.63) is 40.0 Å². The topological polar surface area (TPSA) is 62.1 Å². The van der Waals surface area contributed by atoms with E-state index in [-0.39, 0.29) is 5.56 Å². The van der Waals surface area contributed by atoms with Gasteiger partial charge in [-0.3, -0.25) is 9.69 Å². The fourth-order valence-corrected chi connectivity index (χ4v) is 4.13. The van der Waals surface area contributed by atoms with Gasteiger partial charge in [-0.15, -0.1) is 11.3 Å². The van der Waals surface area contributed by atoms with Crippen LogP contribution in [0, 0.1) is 0 Å². The van der Waals surface area contributed by atoms with E-state index in [4.69, 9.17) is 4.42 Å². The number of furan rings is 1. The average Bonchev–Trinajstić information content (AvgIpc) is 3.13. The summed E-state index contributed by atoms with van der Waals surface area (Å²) in [5.74, 6) is 1.47. The molecule has 1 fully saturated rings. The predicted molar refractivity (Wildman–Crippen MR) is 91.7 cm³/mol. The van der Waals surface area contributed by atoms with Gasteiger partial charge < -0.3 is 9.40 Å². The monoisotopic (exact) mass is 329 g/mol. The smallest absolute Gasteiger partial charge is 0.260 e. The highest BCUT2D eigenvalue weighted by molar-refractivity contribution is 7.17. The van der Waals surface area contributed by atoms with Gasteiger partial charge in [0.15, 0.2) is 0 Å². The van der Waals surface area contributed by atoms with E-state index in [0.29, 0.717) is 11.1 Å². The van der Waals surface area contributed by atoms with E-state index >= 15 is 0 Å². The highest BCUT2D eigenvalue weighted by Crippen LogP contribution is 2.30. The zero-order chi connectivity index (χ0) is 15.6. The zero-order valence-electron chi connectivity index (χ0n) is 12.9. The van der Waals surface area contributed by atoms with Crippen LogP contribution in [0.2, 0.25) is 0 Å². The van der Waals surface area contributed by atoms with Gasteiger partial charge in [-0.2, -0.15) is 0 Å². The molecule has 3 aromatic rings. The Morgan fingerprint density at radius 3 is 2.83 bits per heavy atom. The Labute approximate surface area is 138 Å². The Bertz CT molecular complexity index is 842. The van der Waals surface area contributed by atoms with E-state index in [1.54, 1.807) is 6.26 Å². The summed E-state index contributed by atoms with van der Waals surface area (Å²) in [6, 6.07) is 3.69. The molecule has 0 atom stereocenters. The summed E-state index contributed by atoms with van der Waals surface area (Å²) in [5, 5.41) is 2.58. The fraction of sp³-hybridized carbons (Fsp3) is 0.412. The van der Waals surface area contributed by atoms with Crippen molar-refractivity contribution in [3.8, 4) is 11.3 Å². The fourth-order valence-electron chi connectivity index (χ4n) is 3.19. The van der Waals surface area contributed by atoms with Crippen molar-refractivity contribution in [2.75, 3.05) is 13.1 Å². The third-order valence-electron chi connectivity index (χ3n) is 4.35. The molecule has 4 rings (SSSR count). The van der Waals surface area contributed by atoms with E-state index in [1.807, 2.05) is 17.5 Å². The molecule has 120 valence electrons. The van der Waals surface area contributed by atoms with Crippen LogP contribution in [0.5, 0.6) is 0 Å². The Kier molecular flexibility index (Phi) is 4.01. The summed E-state index contributed by atoms with van der Waals surface area (Å²) in [4.78, 5) is 23.3. The number of aromatic nitrogens is 2. The van der Waals surface area contributed by atoms with E-state index in [9.17, 15) is 4.79 Å². The van der Waals surface area contributed by atoms with Gasteiger partial charge in [0.1, 0.15) is 16.4 Å². The number of likely N-dealkylation sites (tertiary alicyclic amines) is 1. The van der Waals surface area contributed by atoms with Crippen molar-refractivity contribution in [2.24, 2.45) is 0 Å². The first-order valence-electron chi connectivity index (χ1n) is 8.08. The Morgan fingerprint density at radius 1 is 1.26 bits per heavy atom. The van der Waals surface area contributed by atoms with Crippen LogP contribution in [0.25, 0.3) is 21.5 Å². The number of rotatable bonds is 3. The minimum Gasteiger partial charge on any atom is -0.464 e. The number of nitrogens with zero attached hydrogens (tertiary/aromatic N) is 2. The number of nitrogens with one attached hydrogen (secondary N) is 1. The average molecular weight is 329 g/mol. The van der Waals surface area contributed by atoms with Gasteiger partial charge in [0, 0.05) is 10.9 Å². The number of thiophene rings is 1. The summed E-state index contributed by atoms with van der Waals surface area (Å²) in [6.45, 7) is 2.90. The lowest BCUT2D eigenvalue weighted by Crippen LogP contribution is -2.26. The molecular formula is C17H19N3O2S. The van der Waals surface area contributed by atoms with Crippen LogP contribution in [0.1, 0.15) is 31.5 Å². The van der Waals surface area contributed by atoms with Gasteiger partial charge in [0.05, 0.1) is 18.2 Å². The van der Waals surface area contributed by atoms with Crippen molar-refractivity contribution < 1.29 is 4.42 Å². The molecule has 0 bridgehead atoms. The van der Waals surface area contributed by atoms with E-state index in [1.165, 1.54) is 37.0 Å². The molecule has 1 aliphatic heterocycles. The second kappa shape index (κ2) is 6.29. The minimum absolute atomic E-state index is 0.0764. The molecule has 6 heteroatoms. The van der Waals surface area contributed by atoms with Gasteiger partial charge in [-0.1, -0.05) is 12.8 Å². The molecule has 1 N–H and O–H groups in total.